The Bertz CT molecular complexity index is 566. The lowest BCUT2D eigenvalue weighted by molar-refractivity contribution is 0.181. The van der Waals surface area contributed by atoms with Gasteiger partial charge in [-0.05, 0) is 49.4 Å². The van der Waals surface area contributed by atoms with Gasteiger partial charge in [0, 0.05) is 42.8 Å². The molecule has 22 heavy (non-hydrogen) atoms. The highest BCUT2D eigenvalue weighted by Gasteiger charge is 2.48. The average Bonchev–Trinajstić information content (AvgIpc) is 3.16. The molecule has 0 aromatic heterocycles. The van der Waals surface area contributed by atoms with Crippen LogP contribution in [-0.2, 0) is 0 Å². The van der Waals surface area contributed by atoms with Gasteiger partial charge in [-0.2, -0.15) is 0 Å². The van der Waals surface area contributed by atoms with Gasteiger partial charge in [0.25, 0.3) is 0 Å². The van der Waals surface area contributed by atoms with E-state index in [4.69, 9.17) is 11.6 Å². The Hall–Kier alpha value is -1.26. The van der Waals surface area contributed by atoms with Gasteiger partial charge >= 0.3 is 0 Å². The van der Waals surface area contributed by atoms with Gasteiger partial charge in [0.2, 0.25) is 0 Å². The summed E-state index contributed by atoms with van der Waals surface area (Å²) < 4.78 is 0. The van der Waals surface area contributed by atoms with Crippen molar-refractivity contribution in [3.63, 3.8) is 0 Å². The van der Waals surface area contributed by atoms with Crippen LogP contribution in [0.5, 0.6) is 0 Å². The molecule has 1 aliphatic heterocycles. The van der Waals surface area contributed by atoms with E-state index < -0.39 is 0 Å². The van der Waals surface area contributed by atoms with E-state index in [-0.39, 0.29) is 0 Å². The number of hydrogen-bond acceptors (Lipinski definition) is 4. The number of fused-ring (bicyclic) bond motifs is 2. The molecule has 1 saturated heterocycles. The Balaban J connectivity index is 1.43. The predicted octanol–water partition coefficient (Wildman–Crippen LogP) is 3.09. The molecule has 1 aromatic rings. The number of halogens is 1. The normalized spacial score (nSPS) is 33.8. The van der Waals surface area contributed by atoms with E-state index in [0.29, 0.717) is 17.9 Å². The zero-order valence-electron chi connectivity index (χ0n) is 12.7. The van der Waals surface area contributed by atoms with Gasteiger partial charge in [-0.1, -0.05) is 16.8 Å². The molecule has 0 amide bonds. The zero-order chi connectivity index (χ0) is 15.1. The summed E-state index contributed by atoms with van der Waals surface area (Å²) in [5, 5.41) is 13.8. The summed E-state index contributed by atoms with van der Waals surface area (Å²) in [6.07, 6.45) is 3.73. The molecule has 118 valence electrons. The van der Waals surface area contributed by atoms with Crippen LogP contribution in [0, 0.1) is 11.8 Å². The minimum absolute atomic E-state index is 0.385. The van der Waals surface area contributed by atoms with E-state index in [2.05, 4.69) is 27.1 Å². The first-order valence-corrected chi connectivity index (χ1v) is 8.60. The van der Waals surface area contributed by atoms with Crippen molar-refractivity contribution in [2.75, 3.05) is 31.1 Å². The fourth-order valence-corrected chi connectivity index (χ4v) is 4.72. The van der Waals surface area contributed by atoms with Crippen LogP contribution in [0.2, 0.25) is 5.02 Å². The van der Waals surface area contributed by atoms with Crippen molar-refractivity contribution in [1.82, 2.24) is 4.90 Å². The lowest BCUT2D eigenvalue weighted by Gasteiger charge is -2.41. The molecule has 2 bridgehead atoms. The van der Waals surface area contributed by atoms with Gasteiger partial charge in [-0.15, -0.1) is 0 Å². The van der Waals surface area contributed by atoms with Crippen LogP contribution in [0.4, 0.5) is 5.69 Å². The molecular formula is C17H22ClN3O. The summed E-state index contributed by atoms with van der Waals surface area (Å²) in [5.41, 5.74) is 2.30. The molecule has 1 aromatic carbocycles. The molecule has 3 atom stereocenters. The first-order valence-electron chi connectivity index (χ1n) is 8.22. The number of oxime groups is 1. The minimum Gasteiger partial charge on any atom is -0.411 e. The lowest BCUT2D eigenvalue weighted by Crippen LogP contribution is -2.54. The maximum atomic E-state index is 9.38. The monoisotopic (exact) mass is 319 g/mol. The van der Waals surface area contributed by atoms with Crippen LogP contribution >= 0.6 is 11.6 Å². The molecule has 3 unspecified atom stereocenters. The molecule has 5 heteroatoms. The molecule has 3 aliphatic rings. The molecule has 4 rings (SSSR count). The third-order valence-electron chi connectivity index (χ3n) is 5.66. The fraction of sp³-hybridized carbons (Fsp3) is 0.588. The van der Waals surface area contributed by atoms with Crippen LogP contribution in [0.25, 0.3) is 0 Å². The SMILES string of the molecule is O/N=C1/C2CCC(C2)C1N1CCN(c2ccc(Cl)cc2)CC1. The Morgan fingerprint density at radius 2 is 1.77 bits per heavy atom. The van der Waals surface area contributed by atoms with Crippen molar-refractivity contribution in [3.05, 3.63) is 29.3 Å². The smallest absolute Gasteiger partial charge is 0.0775 e. The van der Waals surface area contributed by atoms with Gasteiger partial charge in [-0.25, -0.2) is 0 Å². The van der Waals surface area contributed by atoms with Gasteiger partial charge < -0.3 is 10.1 Å². The largest absolute Gasteiger partial charge is 0.411 e. The molecule has 0 spiro atoms. The van der Waals surface area contributed by atoms with Crippen molar-refractivity contribution in [2.45, 2.75) is 25.3 Å². The van der Waals surface area contributed by atoms with E-state index >= 15 is 0 Å². The summed E-state index contributed by atoms with van der Waals surface area (Å²) in [6.45, 7) is 4.12. The molecule has 4 nitrogen and oxygen atoms in total. The van der Waals surface area contributed by atoms with Crippen molar-refractivity contribution in [2.24, 2.45) is 17.0 Å². The van der Waals surface area contributed by atoms with Crippen LogP contribution in [-0.4, -0.2) is 48.0 Å². The second kappa shape index (κ2) is 5.74. The minimum atomic E-state index is 0.385. The number of benzene rings is 1. The number of hydrogen-bond donors (Lipinski definition) is 1. The predicted molar refractivity (Wildman–Crippen MR) is 89.1 cm³/mol. The molecule has 2 aliphatic carbocycles. The highest BCUT2D eigenvalue weighted by atomic mass is 35.5. The average molecular weight is 320 g/mol. The number of rotatable bonds is 2. The van der Waals surface area contributed by atoms with Gasteiger partial charge in [0.1, 0.15) is 0 Å². The van der Waals surface area contributed by atoms with E-state index in [9.17, 15) is 5.21 Å². The Kier molecular flexibility index (Phi) is 3.74. The number of anilines is 1. The number of nitrogens with zero attached hydrogens (tertiary/aromatic N) is 3. The van der Waals surface area contributed by atoms with Crippen molar-refractivity contribution in [3.8, 4) is 0 Å². The van der Waals surface area contributed by atoms with Gasteiger partial charge in [-0.3, -0.25) is 4.90 Å². The van der Waals surface area contributed by atoms with E-state index in [0.717, 1.165) is 36.9 Å². The Morgan fingerprint density at radius 1 is 1.05 bits per heavy atom. The summed E-state index contributed by atoms with van der Waals surface area (Å²) in [6, 6.07) is 8.48. The summed E-state index contributed by atoms with van der Waals surface area (Å²) >= 11 is 5.96. The quantitative estimate of drug-likeness (QED) is 0.672. The number of piperazine rings is 1. The highest BCUT2D eigenvalue weighted by molar-refractivity contribution is 6.30. The second-order valence-corrected chi connectivity index (χ2v) is 7.18. The van der Waals surface area contributed by atoms with E-state index in [1.165, 1.54) is 24.9 Å². The maximum Gasteiger partial charge on any atom is 0.0775 e. The molecule has 3 fully saturated rings. The Morgan fingerprint density at radius 3 is 2.45 bits per heavy atom. The summed E-state index contributed by atoms with van der Waals surface area (Å²) in [5.74, 6) is 1.24. The fourth-order valence-electron chi connectivity index (χ4n) is 4.59. The van der Waals surface area contributed by atoms with Crippen LogP contribution in [0.1, 0.15) is 19.3 Å². The summed E-state index contributed by atoms with van der Waals surface area (Å²) in [4.78, 5) is 4.95. The van der Waals surface area contributed by atoms with Crippen molar-refractivity contribution >= 4 is 23.0 Å². The van der Waals surface area contributed by atoms with Crippen LogP contribution in [0.3, 0.4) is 0 Å². The van der Waals surface area contributed by atoms with Crippen molar-refractivity contribution in [1.29, 1.82) is 0 Å². The molecule has 2 saturated carbocycles. The third kappa shape index (κ3) is 2.38. The van der Waals surface area contributed by atoms with E-state index in [1.54, 1.807) is 0 Å². The van der Waals surface area contributed by atoms with Gasteiger partial charge in [0.15, 0.2) is 0 Å². The van der Waals surface area contributed by atoms with E-state index in [1.807, 2.05) is 12.1 Å². The zero-order valence-corrected chi connectivity index (χ0v) is 13.4. The molecule has 1 heterocycles. The standard InChI is InChI=1S/C17H22ClN3O/c18-14-3-5-15(6-4-14)20-7-9-21(10-8-20)17-13-2-1-12(11-13)16(17)19-22/h3-6,12-13,17,22H,1-2,7-11H2/b19-16-. The Labute approximate surface area is 136 Å². The molecular weight excluding hydrogens is 298 g/mol. The molecule has 0 radical (unpaired) electrons. The van der Waals surface area contributed by atoms with Crippen LogP contribution in [0.15, 0.2) is 29.4 Å². The third-order valence-corrected chi connectivity index (χ3v) is 5.91. The summed E-state index contributed by atoms with van der Waals surface area (Å²) in [7, 11) is 0. The topological polar surface area (TPSA) is 39.1 Å². The second-order valence-electron chi connectivity index (χ2n) is 6.74. The first-order chi connectivity index (χ1) is 10.8. The molecule has 1 N–H and O–H groups in total. The maximum absolute atomic E-state index is 9.38. The van der Waals surface area contributed by atoms with Crippen LogP contribution < -0.4 is 4.90 Å². The van der Waals surface area contributed by atoms with Gasteiger partial charge in [0.05, 0.1) is 11.8 Å². The lowest BCUT2D eigenvalue weighted by atomic mass is 9.91. The highest BCUT2D eigenvalue weighted by Crippen LogP contribution is 2.45. The van der Waals surface area contributed by atoms with Crippen molar-refractivity contribution < 1.29 is 5.21 Å². The first kappa shape index (κ1) is 14.3.